The summed E-state index contributed by atoms with van der Waals surface area (Å²) < 4.78 is 13.7. The van der Waals surface area contributed by atoms with Gasteiger partial charge in [0.1, 0.15) is 11.2 Å². The molecule has 4 heteroatoms. The van der Waals surface area contributed by atoms with Crippen molar-refractivity contribution >= 4 is 97.1 Å². The lowest BCUT2D eigenvalue weighted by Gasteiger charge is -2.11. The highest BCUT2D eigenvalue weighted by molar-refractivity contribution is 7.25. The van der Waals surface area contributed by atoms with Crippen molar-refractivity contribution in [3.63, 3.8) is 0 Å². The van der Waals surface area contributed by atoms with Gasteiger partial charge in [0.05, 0.1) is 22.1 Å². The van der Waals surface area contributed by atoms with Gasteiger partial charge in [-0.15, -0.1) is 11.3 Å². The van der Waals surface area contributed by atoms with Gasteiger partial charge in [0.25, 0.3) is 0 Å². The molecule has 0 amide bonds. The van der Waals surface area contributed by atoms with Crippen LogP contribution < -0.4 is 0 Å². The van der Waals surface area contributed by atoms with Crippen LogP contribution in [0.1, 0.15) is 0 Å². The van der Waals surface area contributed by atoms with E-state index in [9.17, 15) is 0 Å². The number of hydrogen-bond donors (Lipinski definition) is 0. The number of hydrogen-bond acceptors (Lipinski definition) is 2. The average molecular weight is 757 g/mol. The van der Waals surface area contributed by atoms with E-state index in [1.165, 1.54) is 86.0 Å². The van der Waals surface area contributed by atoms with Gasteiger partial charge in [0.15, 0.2) is 0 Å². The normalized spacial score (nSPS) is 12.1. The van der Waals surface area contributed by atoms with Gasteiger partial charge in [-0.1, -0.05) is 115 Å². The fourth-order valence-corrected chi connectivity index (χ4v) is 10.7. The van der Waals surface area contributed by atoms with Crippen LogP contribution in [0.5, 0.6) is 0 Å². The third-order valence-corrected chi connectivity index (χ3v) is 13.3. The van der Waals surface area contributed by atoms with Gasteiger partial charge in [-0.25, -0.2) is 0 Å². The molecule has 0 saturated heterocycles. The molecule has 0 N–H and O–H groups in total. The molecule has 0 aliphatic heterocycles. The number of para-hydroxylation sites is 3. The molecule has 0 aliphatic rings. The largest absolute Gasteiger partial charge is 0.456 e. The summed E-state index contributed by atoms with van der Waals surface area (Å²) in [6, 6.07) is 70.8. The highest BCUT2D eigenvalue weighted by Gasteiger charge is 2.21. The van der Waals surface area contributed by atoms with Gasteiger partial charge < -0.3 is 13.6 Å². The van der Waals surface area contributed by atoms with E-state index in [0.717, 1.165) is 33.3 Å². The van der Waals surface area contributed by atoms with Crippen LogP contribution in [0, 0.1) is 0 Å². The van der Waals surface area contributed by atoms with Crippen molar-refractivity contribution in [1.82, 2.24) is 9.13 Å². The molecule has 13 aromatic rings. The van der Waals surface area contributed by atoms with E-state index < -0.39 is 0 Å². The minimum absolute atomic E-state index is 0.910. The maximum Gasteiger partial charge on any atom is 0.135 e. The second-order valence-corrected chi connectivity index (χ2v) is 16.4. The zero-order chi connectivity index (χ0) is 37.9. The number of benzene rings is 9. The number of aromatic nitrogens is 2. The van der Waals surface area contributed by atoms with Gasteiger partial charge >= 0.3 is 0 Å². The van der Waals surface area contributed by atoms with E-state index in [1.807, 2.05) is 23.5 Å². The van der Waals surface area contributed by atoms with Crippen LogP contribution >= 0.6 is 11.3 Å². The molecule has 0 bridgehead atoms. The van der Waals surface area contributed by atoms with Crippen molar-refractivity contribution in [2.75, 3.05) is 0 Å². The summed E-state index contributed by atoms with van der Waals surface area (Å²) in [6.45, 7) is 0. The lowest BCUT2D eigenvalue weighted by atomic mass is 10.0. The molecule has 0 saturated carbocycles. The van der Waals surface area contributed by atoms with Crippen molar-refractivity contribution in [1.29, 1.82) is 0 Å². The molecule has 13 rings (SSSR count). The molecule has 0 aliphatic carbocycles. The van der Waals surface area contributed by atoms with E-state index in [1.54, 1.807) is 0 Å². The van der Waals surface area contributed by atoms with Crippen LogP contribution in [0.3, 0.4) is 0 Å². The Morgan fingerprint density at radius 2 is 0.879 bits per heavy atom. The molecule has 3 nitrogen and oxygen atoms in total. The molecular formula is C54H32N2OS. The molecule has 0 atom stereocenters. The SMILES string of the molecule is c1cc(-c2ccc3oc4ccccc4c3c2)cc(-n2c3ccccc3c3c4c5ccccc5n(-c5ccc(-c6ccc7c(c6)sc6ccccc67)cc5)c4ccc32)c1. The number of thiophene rings is 1. The molecule has 0 spiro atoms. The third-order valence-electron chi connectivity index (χ3n) is 12.1. The highest BCUT2D eigenvalue weighted by atomic mass is 32.1. The van der Waals surface area contributed by atoms with Crippen molar-refractivity contribution in [3.05, 3.63) is 194 Å². The molecule has 4 heterocycles. The van der Waals surface area contributed by atoms with Gasteiger partial charge in [0.2, 0.25) is 0 Å². The van der Waals surface area contributed by atoms with Gasteiger partial charge in [-0.3, -0.25) is 0 Å². The first-order chi connectivity index (χ1) is 28.7. The van der Waals surface area contributed by atoms with Crippen LogP contribution in [-0.2, 0) is 0 Å². The first-order valence-electron chi connectivity index (χ1n) is 19.7. The molecule has 4 aromatic heterocycles. The minimum Gasteiger partial charge on any atom is -0.456 e. The molecule has 9 aromatic carbocycles. The minimum atomic E-state index is 0.910. The summed E-state index contributed by atoms with van der Waals surface area (Å²) in [4.78, 5) is 0. The van der Waals surface area contributed by atoms with E-state index >= 15 is 0 Å². The number of rotatable bonds is 4. The third kappa shape index (κ3) is 4.55. The van der Waals surface area contributed by atoms with Crippen molar-refractivity contribution in [2.24, 2.45) is 0 Å². The first-order valence-corrected chi connectivity index (χ1v) is 20.6. The van der Waals surface area contributed by atoms with E-state index in [4.69, 9.17) is 4.42 Å². The predicted molar refractivity (Wildman–Crippen MR) is 246 cm³/mol. The Balaban J connectivity index is 0.968. The quantitative estimate of drug-likeness (QED) is 0.175. The molecule has 270 valence electrons. The highest BCUT2D eigenvalue weighted by Crippen LogP contribution is 2.43. The van der Waals surface area contributed by atoms with Crippen molar-refractivity contribution < 1.29 is 4.42 Å². The Bertz CT molecular complexity index is 3800. The average Bonchev–Trinajstić information content (AvgIpc) is 4.03. The van der Waals surface area contributed by atoms with Gasteiger partial charge in [0, 0.05) is 63.9 Å². The number of nitrogens with zero attached hydrogens (tertiary/aromatic N) is 2. The predicted octanol–water partition coefficient (Wildman–Crippen LogP) is 15.5. The lowest BCUT2D eigenvalue weighted by Crippen LogP contribution is -1.95. The Morgan fingerprint density at radius 1 is 0.310 bits per heavy atom. The maximum absolute atomic E-state index is 6.16. The monoisotopic (exact) mass is 756 g/mol. The van der Waals surface area contributed by atoms with Crippen LogP contribution in [0.25, 0.3) is 119 Å². The number of fused-ring (bicyclic) bond motifs is 13. The van der Waals surface area contributed by atoms with Crippen molar-refractivity contribution in [3.8, 4) is 33.6 Å². The second-order valence-electron chi connectivity index (χ2n) is 15.3. The van der Waals surface area contributed by atoms with Gasteiger partial charge in [-0.05, 0) is 101 Å². The lowest BCUT2D eigenvalue weighted by molar-refractivity contribution is 0.669. The zero-order valence-electron chi connectivity index (χ0n) is 31.2. The maximum atomic E-state index is 6.16. The molecular weight excluding hydrogens is 725 g/mol. The fraction of sp³-hybridized carbons (Fsp3) is 0. The van der Waals surface area contributed by atoms with Crippen LogP contribution in [0.4, 0.5) is 0 Å². The summed E-state index contributed by atoms with van der Waals surface area (Å²) >= 11 is 1.87. The Kier molecular flexibility index (Phi) is 6.60. The molecule has 0 unspecified atom stereocenters. The standard InChI is InChI=1S/C54H32N2OS/c1-5-16-45-42(14-1)53-47(55(45)37-24-20-33(21-25-37)36-22-26-41-40-13-4-8-19-51(40)58-52(41)32-36)27-28-48-54(53)43-15-2-6-17-46(43)56(48)38-11-9-10-34(30-38)35-23-29-50-44(31-35)39-12-3-7-18-49(39)57-50/h1-32H. The van der Waals surface area contributed by atoms with Crippen molar-refractivity contribution in [2.45, 2.75) is 0 Å². The summed E-state index contributed by atoms with van der Waals surface area (Å²) in [5.74, 6) is 0. The molecule has 0 fully saturated rings. The molecule has 0 radical (unpaired) electrons. The second kappa shape index (κ2) is 12.1. The topological polar surface area (TPSA) is 23.0 Å². The zero-order valence-corrected chi connectivity index (χ0v) is 32.0. The first kappa shape index (κ1) is 31.8. The Hall–Kier alpha value is -7.40. The van der Waals surface area contributed by atoms with Gasteiger partial charge in [-0.2, -0.15) is 0 Å². The Morgan fingerprint density at radius 3 is 1.66 bits per heavy atom. The summed E-state index contributed by atoms with van der Waals surface area (Å²) in [6.07, 6.45) is 0. The molecule has 58 heavy (non-hydrogen) atoms. The Labute approximate surface area is 336 Å². The summed E-state index contributed by atoms with van der Waals surface area (Å²) in [5.41, 5.74) is 13.7. The van der Waals surface area contributed by atoms with E-state index in [-0.39, 0.29) is 0 Å². The summed E-state index contributed by atoms with van der Waals surface area (Å²) in [7, 11) is 0. The van der Waals surface area contributed by atoms with Crippen LogP contribution in [-0.4, -0.2) is 9.13 Å². The summed E-state index contributed by atoms with van der Waals surface area (Å²) in [5, 5.41) is 9.98. The number of furan rings is 1. The fourth-order valence-electron chi connectivity index (χ4n) is 9.51. The van der Waals surface area contributed by atoms with Crippen LogP contribution in [0.2, 0.25) is 0 Å². The van der Waals surface area contributed by atoms with E-state index in [0.29, 0.717) is 0 Å². The van der Waals surface area contributed by atoms with Crippen LogP contribution in [0.15, 0.2) is 199 Å². The van der Waals surface area contributed by atoms with E-state index in [2.05, 4.69) is 191 Å². The smallest absolute Gasteiger partial charge is 0.135 e.